The van der Waals surface area contributed by atoms with E-state index >= 15 is 0 Å². The van der Waals surface area contributed by atoms with Crippen LogP contribution >= 0.6 is 0 Å². The van der Waals surface area contributed by atoms with Crippen LogP contribution in [-0.4, -0.2) is 21.8 Å². The molecule has 1 aliphatic carbocycles. The zero-order chi connectivity index (χ0) is 27.8. The number of allylic oxidation sites excluding steroid dienone is 10. The highest BCUT2D eigenvalue weighted by molar-refractivity contribution is 6.26. The first kappa shape index (κ1) is 29.8. The number of carbonyl (C=O) groups is 2. The lowest BCUT2D eigenvalue weighted by Gasteiger charge is -2.35. The van der Waals surface area contributed by atoms with E-state index in [9.17, 15) is 19.8 Å². The van der Waals surface area contributed by atoms with E-state index in [2.05, 4.69) is 19.9 Å². The zero-order valence-corrected chi connectivity index (χ0v) is 23.4. The first-order valence-corrected chi connectivity index (χ1v) is 13.0. The Balaban J connectivity index is 2.75. The molecule has 0 unspecified atom stereocenters. The molecular weight excluding hydrogens is 460 g/mol. The number of carbonyl (C=O) groups excluding carboxylic acids is 2. The summed E-state index contributed by atoms with van der Waals surface area (Å²) in [5.41, 5.74) is 3.29. The Labute approximate surface area is 222 Å². The molecule has 2 N–H and O–H groups in total. The molecule has 37 heavy (non-hydrogen) atoms. The topological polar surface area (TPSA) is 74.6 Å². The minimum absolute atomic E-state index is 0.163. The molecule has 4 nitrogen and oxygen atoms in total. The van der Waals surface area contributed by atoms with Gasteiger partial charge in [0, 0.05) is 11.1 Å². The highest BCUT2D eigenvalue weighted by Crippen LogP contribution is 2.45. The van der Waals surface area contributed by atoms with Gasteiger partial charge in [-0.2, -0.15) is 0 Å². The van der Waals surface area contributed by atoms with Gasteiger partial charge in [0.25, 0.3) is 0 Å². The Morgan fingerprint density at radius 3 is 1.92 bits per heavy atom. The Bertz CT molecular complexity index is 1190. The predicted octanol–water partition coefficient (Wildman–Crippen LogP) is 8.70. The van der Waals surface area contributed by atoms with Crippen molar-refractivity contribution in [1.29, 1.82) is 0 Å². The third-order valence-corrected chi connectivity index (χ3v) is 6.64. The number of rotatable bonds is 10. The summed E-state index contributed by atoms with van der Waals surface area (Å²) < 4.78 is 0. The maximum atomic E-state index is 14.2. The molecule has 0 heterocycles. The molecule has 0 bridgehead atoms. The largest absolute Gasteiger partial charge is 0.507 e. The van der Waals surface area contributed by atoms with Gasteiger partial charge in [0.2, 0.25) is 0 Å². The van der Waals surface area contributed by atoms with Crippen LogP contribution in [0.15, 0.2) is 93.8 Å². The van der Waals surface area contributed by atoms with E-state index in [4.69, 9.17) is 0 Å². The molecule has 0 saturated heterocycles. The second-order valence-electron chi connectivity index (χ2n) is 10.7. The summed E-state index contributed by atoms with van der Waals surface area (Å²) in [5, 5.41) is 22.4. The fraction of sp³-hybridized carbons (Fsp3) is 0.394. The Morgan fingerprint density at radius 1 is 0.784 bits per heavy atom. The van der Waals surface area contributed by atoms with Crippen LogP contribution in [0.5, 0.6) is 0 Å². The van der Waals surface area contributed by atoms with Gasteiger partial charge in [0.05, 0.1) is 0 Å². The van der Waals surface area contributed by atoms with E-state index in [0.29, 0.717) is 5.56 Å². The number of Topliss-reactive ketones (excluding diaryl/α,β-unsaturated/α-hetero) is 2. The van der Waals surface area contributed by atoms with Crippen LogP contribution in [0.25, 0.3) is 5.76 Å². The van der Waals surface area contributed by atoms with Crippen LogP contribution in [0.1, 0.15) is 86.1 Å². The van der Waals surface area contributed by atoms with E-state index in [1.165, 1.54) is 5.57 Å². The predicted molar refractivity (Wildman–Crippen MR) is 153 cm³/mol. The smallest absolute Gasteiger partial charge is 0.184 e. The molecule has 2 rings (SSSR count). The van der Waals surface area contributed by atoms with Crippen LogP contribution in [0.2, 0.25) is 0 Å². The third-order valence-electron chi connectivity index (χ3n) is 6.64. The summed E-state index contributed by atoms with van der Waals surface area (Å²) in [5.74, 6) is -1.65. The van der Waals surface area contributed by atoms with Crippen molar-refractivity contribution in [3.63, 3.8) is 0 Å². The number of aliphatic hydroxyl groups excluding tert-OH is 2. The van der Waals surface area contributed by atoms with E-state index in [1.807, 2.05) is 58.9 Å². The fourth-order valence-corrected chi connectivity index (χ4v) is 4.32. The van der Waals surface area contributed by atoms with Crippen molar-refractivity contribution in [2.45, 2.75) is 80.6 Å². The summed E-state index contributed by atoms with van der Waals surface area (Å²) in [6.07, 6.45) is 10.2. The lowest BCUT2D eigenvalue weighted by atomic mass is 9.64. The van der Waals surface area contributed by atoms with Crippen molar-refractivity contribution >= 4 is 17.3 Å². The second-order valence-corrected chi connectivity index (χ2v) is 10.7. The molecule has 198 valence electrons. The molecule has 0 fully saturated rings. The lowest BCUT2D eigenvalue weighted by Crippen LogP contribution is -2.45. The SMILES string of the molecule is CC(C)=CCC/C(C)=C/C[C@]1(CC=C(C)C)C(=O)C(CC=C(C)C)=C(O)C(=C(O)c2ccccc2)C1=O. The molecule has 4 heteroatoms. The summed E-state index contributed by atoms with van der Waals surface area (Å²) in [6, 6.07) is 8.68. The fourth-order valence-electron chi connectivity index (χ4n) is 4.32. The molecule has 1 aromatic carbocycles. The Hall–Kier alpha value is -3.40. The van der Waals surface area contributed by atoms with Gasteiger partial charge in [-0.1, -0.05) is 76.9 Å². The van der Waals surface area contributed by atoms with Gasteiger partial charge < -0.3 is 10.2 Å². The van der Waals surface area contributed by atoms with Gasteiger partial charge in [-0.25, -0.2) is 0 Å². The van der Waals surface area contributed by atoms with Crippen LogP contribution in [0, 0.1) is 5.41 Å². The van der Waals surface area contributed by atoms with Crippen molar-refractivity contribution in [2.24, 2.45) is 5.41 Å². The van der Waals surface area contributed by atoms with Crippen molar-refractivity contribution in [1.82, 2.24) is 0 Å². The van der Waals surface area contributed by atoms with Crippen LogP contribution in [0.3, 0.4) is 0 Å². The van der Waals surface area contributed by atoms with Gasteiger partial charge in [-0.05, 0) is 80.6 Å². The molecule has 1 atom stereocenters. The molecule has 0 spiro atoms. The van der Waals surface area contributed by atoms with Crippen LogP contribution in [-0.2, 0) is 9.59 Å². The molecule has 0 aromatic heterocycles. The molecule has 0 radical (unpaired) electrons. The van der Waals surface area contributed by atoms with E-state index in [-0.39, 0.29) is 42.0 Å². The van der Waals surface area contributed by atoms with Crippen LogP contribution < -0.4 is 0 Å². The lowest BCUT2D eigenvalue weighted by molar-refractivity contribution is -0.137. The quantitative estimate of drug-likeness (QED) is 0.145. The summed E-state index contributed by atoms with van der Waals surface area (Å²) in [7, 11) is 0. The normalized spacial score (nSPS) is 19.5. The monoisotopic (exact) mass is 502 g/mol. The molecule has 1 aliphatic rings. The van der Waals surface area contributed by atoms with Gasteiger partial charge in [0.15, 0.2) is 11.6 Å². The first-order valence-electron chi connectivity index (χ1n) is 13.0. The number of benzene rings is 1. The van der Waals surface area contributed by atoms with E-state index in [1.54, 1.807) is 24.3 Å². The number of hydrogen-bond donors (Lipinski definition) is 2. The van der Waals surface area contributed by atoms with Crippen molar-refractivity contribution in [3.8, 4) is 0 Å². The second kappa shape index (κ2) is 13.2. The van der Waals surface area contributed by atoms with Crippen LogP contribution in [0.4, 0.5) is 0 Å². The Kier molecular flexibility index (Phi) is 10.7. The zero-order valence-electron chi connectivity index (χ0n) is 23.4. The minimum Gasteiger partial charge on any atom is -0.507 e. The molecule has 0 saturated carbocycles. The van der Waals surface area contributed by atoms with Gasteiger partial charge in [0.1, 0.15) is 22.5 Å². The maximum absolute atomic E-state index is 14.2. The average molecular weight is 503 g/mol. The maximum Gasteiger partial charge on any atom is 0.184 e. The van der Waals surface area contributed by atoms with E-state index in [0.717, 1.165) is 29.6 Å². The number of hydrogen-bond acceptors (Lipinski definition) is 4. The first-order chi connectivity index (χ1) is 17.4. The Morgan fingerprint density at radius 2 is 1.35 bits per heavy atom. The average Bonchev–Trinajstić information content (AvgIpc) is 2.83. The molecule has 0 amide bonds. The van der Waals surface area contributed by atoms with E-state index < -0.39 is 17.0 Å². The van der Waals surface area contributed by atoms with Gasteiger partial charge in [-0.15, -0.1) is 0 Å². The minimum atomic E-state index is -1.44. The number of aliphatic hydroxyl groups is 2. The van der Waals surface area contributed by atoms with Crippen molar-refractivity contribution < 1.29 is 19.8 Å². The standard InChI is InChI=1S/C33H42O4/c1-22(2)12-11-13-25(7)19-21-33(20-18-24(5)6)31(36)27(17-16-23(3)4)30(35)28(32(33)37)29(34)26-14-9-8-10-15-26/h8-10,12,14-16,18-19,34-35H,11,13,17,20-21H2,1-7H3/b25-19+,29-28?/t33-/m1/s1. The third kappa shape index (κ3) is 7.55. The number of ketones is 2. The van der Waals surface area contributed by atoms with Gasteiger partial charge >= 0.3 is 0 Å². The van der Waals surface area contributed by atoms with Crippen molar-refractivity contribution in [2.75, 3.05) is 0 Å². The van der Waals surface area contributed by atoms with Gasteiger partial charge in [-0.3, -0.25) is 9.59 Å². The summed E-state index contributed by atoms with van der Waals surface area (Å²) >= 11 is 0. The molecule has 0 aliphatic heterocycles. The molecular formula is C33H42O4. The highest BCUT2D eigenvalue weighted by Gasteiger charge is 2.52. The summed E-state index contributed by atoms with van der Waals surface area (Å²) in [6.45, 7) is 13.8. The summed E-state index contributed by atoms with van der Waals surface area (Å²) in [4.78, 5) is 28.3. The van der Waals surface area contributed by atoms with Crippen molar-refractivity contribution in [3.05, 3.63) is 99.4 Å². The highest BCUT2D eigenvalue weighted by atomic mass is 16.3. The molecule has 1 aromatic rings.